The van der Waals surface area contributed by atoms with E-state index in [4.69, 9.17) is 10.8 Å². The van der Waals surface area contributed by atoms with Crippen molar-refractivity contribution in [1.82, 2.24) is 0 Å². The van der Waals surface area contributed by atoms with Crippen LogP contribution in [0.3, 0.4) is 0 Å². The van der Waals surface area contributed by atoms with Crippen molar-refractivity contribution < 1.29 is 9.90 Å². The highest BCUT2D eigenvalue weighted by Gasteiger charge is 2.07. The summed E-state index contributed by atoms with van der Waals surface area (Å²) in [5.41, 5.74) is 5.15. The van der Waals surface area contributed by atoms with E-state index in [1.807, 2.05) is 6.92 Å². The van der Waals surface area contributed by atoms with Crippen LogP contribution < -0.4 is 5.73 Å². The van der Waals surface area contributed by atoms with Crippen LogP contribution in [0, 0.1) is 0 Å². The van der Waals surface area contributed by atoms with Crippen LogP contribution in [0.15, 0.2) is 12.2 Å². The summed E-state index contributed by atoms with van der Waals surface area (Å²) in [6.45, 7) is 1.83. The first-order valence-electron chi connectivity index (χ1n) is 2.78. The summed E-state index contributed by atoms with van der Waals surface area (Å²) in [7, 11) is 0. The Bertz CT molecular complexity index is 120. The topological polar surface area (TPSA) is 63.3 Å². The first kappa shape index (κ1) is 8.17. The number of hydrogen-bond donors (Lipinski definition) is 2. The second-order valence-electron chi connectivity index (χ2n) is 1.75. The summed E-state index contributed by atoms with van der Waals surface area (Å²) in [6, 6.07) is -0.749. The van der Waals surface area contributed by atoms with E-state index in [9.17, 15) is 4.79 Å². The molecule has 52 valence electrons. The number of aliphatic carboxylic acids is 1. The van der Waals surface area contributed by atoms with E-state index in [1.165, 1.54) is 0 Å². The van der Waals surface area contributed by atoms with Crippen molar-refractivity contribution in [1.29, 1.82) is 0 Å². The van der Waals surface area contributed by atoms with Crippen molar-refractivity contribution in [2.75, 3.05) is 0 Å². The zero-order chi connectivity index (χ0) is 7.28. The van der Waals surface area contributed by atoms with Crippen LogP contribution in [0.2, 0.25) is 0 Å². The second kappa shape index (κ2) is 4.09. The fourth-order valence-corrected chi connectivity index (χ4v) is 0.384. The van der Waals surface area contributed by atoms with Gasteiger partial charge in [0, 0.05) is 0 Å². The van der Waals surface area contributed by atoms with Gasteiger partial charge in [-0.05, 0) is 13.3 Å². The molecule has 0 rings (SSSR count). The van der Waals surface area contributed by atoms with E-state index < -0.39 is 12.0 Å². The van der Waals surface area contributed by atoms with Crippen LogP contribution in [0.5, 0.6) is 0 Å². The third-order valence-electron chi connectivity index (χ3n) is 0.943. The third-order valence-corrected chi connectivity index (χ3v) is 0.943. The summed E-state index contributed by atoms with van der Waals surface area (Å²) >= 11 is 0. The Kier molecular flexibility index (Phi) is 3.71. The van der Waals surface area contributed by atoms with Gasteiger partial charge in [-0.15, -0.1) is 0 Å². The van der Waals surface area contributed by atoms with Crippen molar-refractivity contribution in [2.24, 2.45) is 5.73 Å². The normalized spacial score (nSPS) is 14.0. The molecule has 1 atom stereocenters. The lowest BCUT2D eigenvalue weighted by Crippen LogP contribution is -2.29. The van der Waals surface area contributed by atoms with Crippen LogP contribution in [-0.2, 0) is 4.79 Å². The Balaban J connectivity index is 3.50. The molecule has 0 aliphatic rings. The maximum absolute atomic E-state index is 10.0. The van der Waals surface area contributed by atoms with Gasteiger partial charge < -0.3 is 10.8 Å². The SMILES string of the molecule is C/C=C/C[C@@H](N)C(=O)O. The van der Waals surface area contributed by atoms with Crippen LogP contribution in [-0.4, -0.2) is 17.1 Å². The number of rotatable bonds is 3. The molecule has 3 nitrogen and oxygen atoms in total. The number of hydrogen-bond acceptors (Lipinski definition) is 2. The molecule has 0 unspecified atom stereocenters. The van der Waals surface area contributed by atoms with Gasteiger partial charge in [-0.25, -0.2) is 0 Å². The molecule has 3 heteroatoms. The summed E-state index contributed by atoms with van der Waals surface area (Å²) < 4.78 is 0. The molecular formula is C6H11NO2. The van der Waals surface area contributed by atoms with Crippen molar-refractivity contribution in [3.8, 4) is 0 Å². The molecular weight excluding hydrogens is 118 g/mol. The summed E-state index contributed by atoms with van der Waals surface area (Å²) in [5.74, 6) is -0.951. The molecule has 0 aromatic rings. The van der Waals surface area contributed by atoms with Gasteiger partial charge in [0.2, 0.25) is 0 Å². The van der Waals surface area contributed by atoms with E-state index in [1.54, 1.807) is 12.2 Å². The Morgan fingerprint density at radius 3 is 2.78 bits per heavy atom. The van der Waals surface area contributed by atoms with Gasteiger partial charge in [0.25, 0.3) is 0 Å². The number of carboxylic acid groups (broad SMARTS) is 1. The van der Waals surface area contributed by atoms with Gasteiger partial charge in [-0.1, -0.05) is 12.2 Å². The molecule has 0 aromatic heterocycles. The fraction of sp³-hybridized carbons (Fsp3) is 0.500. The Morgan fingerprint density at radius 2 is 2.44 bits per heavy atom. The van der Waals surface area contributed by atoms with Crippen molar-refractivity contribution >= 4 is 5.97 Å². The Morgan fingerprint density at radius 1 is 1.89 bits per heavy atom. The van der Waals surface area contributed by atoms with Crippen molar-refractivity contribution in [3.05, 3.63) is 12.2 Å². The molecule has 0 aliphatic carbocycles. The Labute approximate surface area is 54.2 Å². The summed E-state index contributed by atoms with van der Waals surface area (Å²) in [6.07, 6.45) is 3.92. The standard InChI is InChI=1S/C6H11NO2/c1-2-3-4-5(7)6(8)9/h2-3,5H,4,7H2,1H3,(H,8,9)/b3-2+/t5-/m1/s1. The highest BCUT2D eigenvalue weighted by molar-refractivity contribution is 5.73. The summed E-state index contributed by atoms with van der Waals surface area (Å²) in [5, 5.41) is 8.25. The minimum Gasteiger partial charge on any atom is -0.480 e. The number of nitrogens with two attached hydrogens (primary N) is 1. The number of carbonyl (C=O) groups is 1. The quantitative estimate of drug-likeness (QED) is 0.541. The third kappa shape index (κ3) is 3.73. The van der Waals surface area contributed by atoms with Gasteiger partial charge in [-0.3, -0.25) is 4.79 Å². The van der Waals surface area contributed by atoms with E-state index in [0.717, 1.165) is 0 Å². The highest BCUT2D eigenvalue weighted by atomic mass is 16.4. The van der Waals surface area contributed by atoms with Crippen LogP contribution >= 0.6 is 0 Å². The van der Waals surface area contributed by atoms with E-state index in [2.05, 4.69) is 0 Å². The van der Waals surface area contributed by atoms with Gasteiger partial charge in [0.15, 0.2) is 0 Å². The molecule has 0 aliphatic heterocycles. The lowest BCUT2D eigenvalue weighted by molar-refractivity contribution is -0.138. The van der Waals surface area contributed by atoms with Gasteiger partial charge in [0.1, 0.15) is 6.04 Å². The minimum atomic E-state index is -0.951. The first-order valence-corrected chi connectivity index (χ1v) is 2.78. The average Bonchev–Trinajstić information content (AvgIpc) is 1.82. The molecule has 0 saturated carbocycles. The zero-order valence-corrected chi connectivity index (χ0v) is 5.37. The van der Waals surface area contributed by atoms with Gasteiger partial charge >= 0.3 is 5.97 Å². The second-order valence-corrected chi connectivity index (χ2v) is 1.75. The maximum atomic E-state index is 10.0. The maximum Gasteiger partial charge on any atom is 0.320 e. The molecule has 0 aromatic carbocycles. The molecule has 0 bridgehead atoms. The van der Waals surface area contributed by atoms with Crippen LogP contribution in [0.25, 0.3) is 0 Å². The molecule has 0 amide bonds. The molecule has 9 heavy (non-hydrogen) atoms. The van der Waals surface area contributed by atoms with Crippen LogP contribution in [0.4, 0.5) is 0 Å². The number of allylic oxidation sites excluding steroid dienone is 1. The first-order chi connectivity index (χ1) is 4.18. The molecule has 3 N–H and O–H groups in total. The predicted molar refractivity (Wildman–Crippen MR) is 35.0 cm³/mol. The smallest absolute Gasteiger partial charge is 0.320 e. The van der Waals surface area contributed by atoms with Gasteiger partial charge in [-0.2, -0.15) is 0 Å². The zero-order valence-electron chi connectivity index (χ0n) is 5.37. The van der Waals surface area contributed by atoms with Crippen molar-refractivity contribution in [2.45, 2.75) is 19.4 Å². The Hall–Kier alpha value is -0.830. The van der Waals surface area contributed by atoms with E-state index in [0.29, 0.717) is 6.42 Å². The lowest BCUT2D eigenvalue weighted by Gasteiger charge is -1.98. The highest BCUT2D eigenvalue weighted by Crippen LogP contribution is 1.88. The van der Waals surface area contributed by atoms with Crippen LogP contribution in [0.1, 0.15) is 13.3 Å². The monoisotopic (exact) mass is 129 g/mol. The molecule has 0 heterocycles. The largest absolute Gasteiger partial charge is 0.480 e. The predicted octanol–water partition coefficient (Wildman–Crippen LogP) is 0.365. The number of carboxylic acids is 1. The minimum absolute atomic E-state index is 0.409. The lowest BCUT2D eigenvalue weighted by atomic mass is 10.2. The van der Waals surface area contributed by atoms with Crippen molar-refractivity contribution in [3.63, 3.8) is 0 Å². The molecule has 0 radical (unpaired) electrons. The van der Waals surface area contributed by atoms with E-state index in [-0.39, 0.29) is 0 Å². The van der Waals surface area contributed by atoms with Gasteiger partial charge in [0.05, 0.1) is 0 Å². The summed E-state index contributed by atoms with van der Waals surface area (Å²) in [4.78, 5) is 10.0. The fourth-order valence-electron chi connectivity index (χ4n) is 0.384. The molecule has 0 fully saturated rings. The molecule has 0 spiro atoms. The van der Waals surface area contributed by atoms with E-state index >= 15 is 0 Å². The molecule has 0 saturated heterocycles. The average molecular weight is 129 g/mol.